The zero-order valence-corrected chi connectivity index (χ0v) is 30.0. The minimum Gasteiger partial charge on any atom is -0.467 e. The molecule has 1 rings (SSSR count). The van der Waals surface area contributed by atoms with Crippen molar-refractivity contribution in [1.29, 1.82) is 0 Å². The Morgan fingerprint density at radius 1 is 0.854 bits per heavy atom. The van der Waals surface area contributed by atoms with E-state index < -0.39 is 71.5 Å². The van der Waals surface area contributed by atoms with Crippen LogP contribution in [0.15, 0.2) is 43.0 Å². The van der Waals surface area contributed by atoms with E-state index in [4.69, 9.17) is 9.47 Å². The summed E-state index contributed by atoms with van der Waals surface area (Å²) in [5.41, 5.74) is -0.0292. The van der Waals surface area contributed by atoms with Gasteiger partial charge in [0.25, 0.3) is 0 Å². The van der Waals surface area contributed by atoms with Gasteiger partial charge >= 0.3 is 12.1 Å². The quantitative estimate of drug-likeness (QED) is 0.144. The number of hydrogen-bond donors (Lipinski definition) is 4. The standard InChI is InChI=1S/C35H55N5O8/c1-12-19-40(24(7)30(42)39-28(22(5)13-2)31(43)38-27(21(3)4)33(45)47-11)32(44)26(20-25-17-15-14-16-18-25)37-29(41)23(6)36-34(46)48-35(8,9)10/h12,14-18,21-24,26-28H,1,13,19-20H2,2-11H3,(H,36,46)(H,37,41)(H,38,43)(H,39,42)/t22-,23-,24?,26-,27-,28-/m0/s1. The molecule has 6 atom stereocenters. The third-order valence-corrected chi connectivity index (χ3v) is 7.69. The molecule has 13 nitrogen and oxygen atoms in total. The van der Waals surface area contributed by atoms with Gasteiger partial charge in [-0.15, -0.1) is 6.58 Å². The topological polar surface area (TPSA) is 172 Å². The number of carbonyl (C=O) groups is 6. The molecule has 0 radical (unpaired) electrons. The smallest absolute Gasteiger partial charge is 0.408 e. The van der Waals surface area contributed by atoms with Crippen molar-refractivity contribution in [1.82, 2.24) is 26.2 Å². The predicted octanol–water partition coefficient (Wildman–Crippen LogP) is 2.87. The summed E-state index contributed by atoms with van der Waals surface area (Å²) in [7, 11) is 1.23. The number of hydrogen-bond acceptors (Lipinski definition) is 8. The summed E-state index contributed by atoms with van der Waals surface area (Å²) in [6.45, 7) is 18.9. The number of carbonyl (C=O) groups excluding carboxylic acids is 6. The van der Waals surface area contributed by atoms with Gasteiger partial charge in [-0.2, -0.15) is 0 Å². The number of rotatable bonds is 17. The third kappa shape index (κ3) is 13.4. The Morgan fingerprint density at radius 2 is 1.44 bits per heavy atom. The maximum atomic E-state index is 14.1. The molecule has 268 valence electrons. The van der Waals surface area contributed by atoms with E-state index in [1.165, 1.54) is 31.9 Å². The fraction of sp³-hybridized carbons (Fsp3) is 0.600. The number of benzene rings is 1. The molecule has 0 saturated carbocycles. The second-order valence-corrected chi connectivity index (χ2v) is 13.2. The van der Waals surface area contributed by atoms with Gasteiger partial charge < -0.3 is 35.6 Å². The highest BCUT2D eigenvalue weighted by molar-refractivity contribution is 5.96. The highest BCUT2D eigenvalue weighted by Crippen LogP contribution is 2.14. The van der Waals surface area contributed by atoms with Crippen LogP contribution >= 0.6 is 0 Å². The van der Waals surface area contributed by atoms with E-state index in [-0.39, 0.29) is 24.8 Å². The summed E-state index contributed by atoms with van der Waals surface area (Å²) in [6.07, 6.45) is 1.29. The number of alkyl carbamates (subject to hydrolysis) is 1. The molecule has 0 aliphatic heterocycles. The molecule has 1 aromatic rings. The minimum absolute atomic E-state index is 0.0434. The van der Waals surface area contributed by atoms with Crippen LogP contribution in [0.1, 0.15) is 74.3 Å². The Balaban J connectivity index is 3.31. The first kappa shape index (κ1) is 41.6. The average Bonchev–Trinajstić information content (AvgIpc) is 3.02. The van der Waals surface area contributed by atoms with Crippen molar-refractivity contribution < 1.29 is 38.2 Å². The molecule has 0 saturated heterocycles. The lowest BCUT2D eigenvalue weighted by molar-refractivity contribution is -0.147. The lowest BCUT2D eigenvalue weighted by atomic mass is 9.96. The normalized spacial score (nSPS) is 15.0. The summed E-state index contributed by atoms with van der Waals surface area (Å²) in [5.74, 6) is -3.58. The second-order valence-electron chi connectivity index (χ2n) is 13.2. The monoisotopic (exact) mass is 673 g/mol. The molecule has 1 unspecified atom stereocenters. The molecule has 48 heavy (non-hydrogen) atoms. The highest BCUT2D eigenvalue weighted by Gasteiger charge is 2.36. The van der Waals surface area contributed by atoms with Gasteiger partial charge in [0.15, 0.2) is 0 Å². The molecule has 4 N–H and O–H groups in total. The lowest BCUT2D eigenvalue weighted by Gasteiger charge is -2.33. The number of methoxy groups -OCH3 is 1. The lowest BCUT2D eigenvalue weighted by Crippen LogP contribution is -2.60. The van der Waals surface area contributed by atoms with Crippen molar-refractivity contribution in [3.8, 4) is 0 Å². The molecule has 1 aromatic carbocycles. The van der Waals surface area contributed by atoms with Gasteiger partial charge in [0, 0.05) is 13.0 Å². The van der Waals surface area contributed by atoms with Gasteiger partial charge in [0.2, 0.25) is 23.6 Å². The molecule has 0 spiro atoms. The van der Waals surface area contributed by atoms with Crippen molar-refractivity contribution in [2.75, 3.05) is 13.7 Å². The van der Waals surface area contributed by atoms with Crippen molar-refractivity contribution in [2.45, 2.75) is 111 Å². The van der Waals surface area contributed by atoms with E-state index in [1.54, 1.807) is 65.8 Å². The molecule has 0 heterocycles. The van der Waals surface area contributed by atoms with Crippen LogP contribution in [-0.4, -0.2) is 90.1 Å². The van der Waals surface area contributed by atoms with Gasteiger partial charge in [0.05, 0.1) is 7.11 Å². The third-order valence-electron chi connectivity index (χ3n) is 7.69. The molecule has 0 aliphatic carbocycles. The number of esters is 1. The molecule has 0 aromatic heterocycles. The van der Waals surface area contributed by atoms with Crippen LogP contribution in [0.2, 0.25) is 0 Å². The summed E-state index contributed by atoms with van der Waals surface area (Å²) in [5, 5.41) is 10.7. The van der Waals surface area contributed by atoms with Crippen molar-refractivity contribution in [3.05, 3.63) is 48.6 Å². The van der Waals surface area contributed by atoms with Gasteiger partial charge in [0.1, 0.15) is 35.8 Å². The Morgan fingerprint density at radius 3 is 1.94 bits per heavy atom. The average molecular weight is 674 g/mol. The van der Waals surface area contributed by atoms with E-state index in [9.17, 15) is 28.8 Å². The Hall–Kier alpha value is -4.42. The van der Waals surface area contributed by atoms with Crippen LogP contribution in [0.5, 0.6) is 0 Å². The Bertz CT molecular complexity index is 1260. The fourth-order valence-corrected chi connectivity index (χ4v) is 4.66. The van der Waals surface area contributed by atoms with Crippen LogP contribution in [0.4, 0.5) is 4.79 Å². The number of nitrogens with one attached hydrogen (secondary N) is 4. The van der Waals surface area contributed by atoms with Gasteiger partial charge in [-0.3, -0.25) is 19.2 Å². The van der Waals surface area contributed by atoms with E-state index in [0.29, 0.717) is 6.42 Å². The SMILES string of the molecule is C=CCN(C(=O)[C@H](Cc1ccccc1)NC(=O)[C@H](C)NC(=O)OC(C)(C)C)C(C)C(=O)N[C@H](C(=O)N[C@H](C(=O)OC)C(C)C)[C@@H](C)CC. The van der Waals surface area contributed by atoms with Crippen molar-refractivity contribution >= 4 is 35.7 Å². The summed E-state index contributed by atoms with van der Waals surface area (Å²) in [6, 6.07) is 3.82. The largest absolute Gasteiger partial charge is 0.467 e. The van der Waals surface area contributed by atoms with E-state index in [0.717, 1.165) is 5.56 Å². The molecular formula is C35H55N5O8. The minimum atomic E-state index is -1.13. The van der Waals surface area contributed by atoms with E-state index in [2.05, 4.69) is 27.8 Å². The number of nitrogens with zero attached hydrogens (tertiary/aromatic N) is 1. The fourth-order valence-electron chi connectivity index (χ4n) is 4.66. The first-order valence-electron chi connectivity index (χ1n) is 16.3. The zero-order valence-electron chi connectivity index (χ0n) is 30.0. The van der Waals surface area contributed by atoms with Crippen molar-refractivity contribution in [3.63, 3.8) is 0 Å². The van der Waals surface area contributed by atoms with E-state index in [1.807, 2.05) is 13.0 Å². The van der Waals surface area contributed by atoms with Gasteiger partial charge in [-0.1, -0.05) is 70.5 Å². The van der Waals surface area contributed by atoms with Crippen LogP contribution in [0, 0.1) is 11.8 Å². The maximum absolute atomic E-state index is 14.1. The van der Waals surface area contributed by atoms with Gasteiger partial charge in [-0.25, -0.2) is 9.59 Å². The predicted molar refractivity (Wildman–Crippen MR) is 182 cm³/mol. The second kappa shape index (κ2) is 19.4. The molecule has 0 fully saturated rings. The maximum Gasteiger partial charge on any atom is 0.408 e. The Labute approximate surface area is 284 Å². The molecule has 5 amide bonds. The molecule has 13 heteroatoms. The first-order chi connectivity index (χ1) is 22.4. The molecule has 0 aliphatic rings. The molecule has 0 bridgehead atoms. The summed E-state index contributed by atoms with van der Waals surface area (Å²) < 4.78 is 10.1. The van der Waals surface area contributed by atoms with Crippen LogP contribution in [-0.2, 0) is 39.9 Å². The van der Waals surface area contributed by atoms with Crippen molar-refractivity contribution in [2.24, 2.45) is 11.8 Å². The van der Waals surface area contributed by atoms with Crippen LogP contribution < -0.4 is 21.3 Å². The van der Waals surface area contributed by atoms with Crippen LogP contribution in [0.25, 0.3) is 0 Å². The van der Waals surface area contributed by atoms with E-state index >= 15 is 0 Å². The highest BCUT2D eigenvalue weighted by atomic mass is 16.6. The Kier molecular flexibility index (Phi) is 16.8. The number of ether oxygens (including phenoxy) is 2. The number of amides is 5. The first-order valence-corrected chi connectivity index (χ1v) is 16.3. The van der Waals surface area contributed by atoms with Gasteiger partial charge in [-0.05, 0) is 52.0 Å². The van der Waals surface area contributed by atoms with Crippen LogP contribution in [0.3, 0.4) is 0 Å². The summed E-state index contributed by atoms with van der Waals surface area (Å²) >= 11 is 0. The zero-order chi connectivity index (χ0) is 36.8. The summed E-state index contributed by atoms with van der Waals surface area (Å²) in [4.78, 5) is 80.3. The molecular weight excluding hydrogens is 618 g/mol.